The molecule has 7 heteroatoms. The molecular weight excluding hydrogens is 386 g/mol. The van der Waals surface area contributed by atoms with Crippen molar-refractivity contribution in [2.75, 3.05) is 13.2 Å². The molecular formula is C22H29N3O3S. The SMILES string of the molecule is CCCCCCC/C=C1/SC(=O)N(CCCCOc2cccn3ccnc23)C1=O. The first-order valence-electron chi connectivity index (χ1n) is 10.5. The Labute approximate surface area is 176 Å². The Balaban J connectivity index is 1.37. The van der Waals surface area contributed by atoms with E-state index in [1.165, 1.54) is 30.6 Å². The monoisotopic (exact) mass is 415 g/mol. The van der Waals surface area contributed by atoms with E-state index in [4.69, 9.17) is 4.74 Å². The molecule has 2 aromatic heterocycles. The summed E-state index contributed by atoms with van der Waals surface area (Å²) in [7, 11) is 0. The molecule has 6 nitrogen and oxygen atoms in total. The number of aromatic nitrogens is 2. The van der Waals surface area contributed by atoms with Gasteiger partial charge in [0, 0.05) is 25.1 Å². The Kier molecular flexibility index (Phi) is 8.16. The van der Waals surface area contributed by atoms with E-state index < -0.39 is 0 Å². The van der Waals surface area contributed by atoms with Crippen LogP contribution in [0.15, 0.2) is 41.7 Å². The lowest BCUT2D eigenvalue weighted by atomic mass is 10.1. The summed E-state index contributed by atoms with van der Waals surface area (Å²) in [5.41, 5.74) is 0.790. The van der Waals surface area contributed by atoms with Crippen LogP contribution >= 0.6 is 11.8 Å². The summed E-state index contributed by atoms with van der Waals surface area (Å²) < 4.78 is 7.73. The number of fused-ring (bicyclic) bond motifs is 1. The lowest BCUT2D eigenvalue weighted by molar-refractivity contribution is -0.122. The van der Waals surface area contributed by atoms with Gasteiger partial charge in [0.05, 0.1) is 11.5 Å². The highest BCUT2D eigenvalue weighted by Crippen LogP contribution is 2.31. The van der Waals surface area contributed by atoms with Crippen molar-refractivity contribution in [3.63, 3.8) is 0 Å². The predicted molar refractivity (Wildman–Crippen MR) is 116 cm³/mol. The molecule has 156 valence electrons. The van der Waals surface area contributed by atoms with Gasteiger partial charge in [-0.25, -0.2) is 4.98 Å². The Hall–Kier alpha value is -2.28. The van der Waals surface area contributed by atoms with Gasteiger partial charge in [0.25, 0.3) is 11.1 Å². The van der Waals surface area contributed by atoms with Crippen molar-refractivity contribution in [2.24, 2.45) is 0 Å². The molecule has 0 saturated carbocycles. The van der Waals surface area contributed by atoms with E-state index in [1.807, 2.05) is 35.0 Å². The topological polar surface area (TPSA) is 63.9 Å². The Morgan fingerprint density at radius 2 is 1.97 bits per heavy atom. The molecule has 1 aliphatic heterocycles. The molecule has 0 spiro atoms. The lowest BCUT2D eigenvalue weighted by Gasteiger charge is -2.12. The Bertz CT molecular complexity index is 862. The number of hydrogen-bond acceptors (Lipinski definition) is 5. The van der Waals surface area contributed by atoms with Crippen LogP contribution in [0.2, 0.25) is 0 Å². The van der Waals surface area contributed by atoms with Crippen molar-refractivity contribution in [3.8, 4) is 5.75 Å². The summed E-state index contributed by atoms with van der Waals surface area (Å²) in [4.78, 5) is 30.9. The minimum atomic E-state index is -0.157. The molecule has 1 fully saturated rings. The zero-order chi connectivity index (χ0) is 20.5. The van der Waals surface area contributed by atoms with Gasteiger partial charge in [-0.05, 0) is 49.6 Å². The average molecular weight is 416 g/mol. The second kappa shape index (κ2) is 11.0. The summed E-state index contributed by atoms with van der Waals surface area (Å²) in [6, 6.07) is 3.81. The number of carbonyl (C=O) groups is 2. The van der Waals surface area contributed by atoms with Gasteiger partial charge in [0.2, 0.25) is 0 Å². The summed E-state index contributed by atoms with van der Waals surface area (Å²) in [5, 5.41) is -0.157. The first-order valence-corrected chi connectivity index (χ1v) is 11.3. The average Bonchev–Trinajstić information content (AvgIpc) is 3.30. The summed E-state index contributed by atoms with van der Waals surface area (Å²) >= 11 is 1.07. The maximum absolute atomic E-state index is 12.5. The molecule has 0 unspecified atom stereocenters. The third-order valence-electron chi connectivity index (χ3n) is 4.93. The quantitative estimate of drug-likeness (QED) is 0.341. The third-order valence-corrected chi connectivity index (χ3v) is 5.88. The van der Waals surface area contributed by atoms with Crippen molar-refractivity contribution < 1.29 is 14.3 Å². The first-order chi connectivity index (χ1) is 14.2. The summed E-state index contributed by atoms with van der Waals surface area (Å²) in [6.45, 7) is 3.16. The molecule has 0 N–H and O–H groups in total. The fraction of sp³-hybridized carbons (Fsp3) is 0.500. The fourth-order valence-corrected chi connectivity index (χ4v) is 4.17. The number of amides is 2. The van der Waals surface area contributed by atoms with E-state index in [0.717, 1.165) is 48.8 Å². The van der Waals surface area contributed by atoms with E-state index in [1.54, 1.807) is 6.20 Å². The zero-order valence-electron chi connectivity index (χ0n) is 17.0. The highest BCUT2D eigenvalue weighted by Gasteiger charge is 2.34. The van der Waals surface area contributed by atoms with Crippen LogP contribution in [-0.2, 0) is 4.79 Å². The maximum atomic E-state index is 12.5. The van der Waals surface area contributed by atoms with Crippen molar-refractivity contribution in [2.45, 2.75) is 58.3 Å². The number of unbranched alkanes of at least 4 members (excludes halogenated alkanes) is 6. The number of hydrogen-bond donors (Lipinski definition) is 0. The van der Waals surface area contributed by atoms with Gasteiger partial charge >= 0.3 is 0 Å². The summed E-state index contributed by atoms with van der Waals surface area (Å²) in [6.07, 6.45) is 15.8. The van der Waals surface area contributed by atoms with Crippen LogP contribution < -0.4 is 4.74 Å². The van der Waals surface area contributed by atoms with Crippen molar-refractivity contribution in [1.82, 2.24) is 14.3 Å². The Morgan fingerprint density at radius 1 is 1.10 bits per heavy atom. The molecule has 1 aliphatic rings. The smallest absolute Gasteiger partial charge is 0.293 e. The molecule has 29 heavy (non-hydrogen) atoms. The number of imide groups is 1. The molecule has 3 rings (SSSR count). The van der Waals surface area contributed by atoms with Gasteiger partial charge in [0.1, 0.15) is 0 Å². The molecule has 0 radical (unpaired) electrons. The highest BCUT2D eigenvalue weighted by molar-refractivity contribution is 8.18. The normalized spacial score (nSPS) is 15.8. The van der Waals surface area contributed by atoms with Crippen LogP contribution in [0.25, 0.3) is 5.65 Å². The maximum Gasteiger partial charge on any atom is 0.293 e. The van der Waals surface area contributed by atoms with Crippen LogP contribution in [0, 0.1) is 0 Å². The number of imidazole rings is 1. The van der Waals surface area contributed by atoms with Gasteiger partial charge in [-0.2, -0.15) is 0 Å². The number of carbonyl (C=O) groups excluding carboxylic acids is 2. The van der Waals surface area contributed by atoms with Gasteiger partial charge < -0.3 is 9.14 Å². The third kappa shape index (κ3) is 5.85. The minimum Gasteiger partial charge on any atom is -0.490 e. The molecule has 0 aromatic carbocycles. The molecule has 2 aromatic rings. The highest BCUT2D eigenvalue weighted by atomic mass is 32.2. The minimum absolute atomic E-state index is 0.142. The van der Waals surface area contributed by atoms with Crippen LogP contribution in [0.4, 0.5) is 4.79 Å². The second-order valence-electron chi connectivity index (χ2n) is 7.18. The molecule has 3 heterocycles. The number of pyridine rings is 1. The van der Waals surface area contributed by atoms with Gasteiger partial charge in [-0.1, -0.05) is 38.7 Å². The second-order valence-corrected chi connectivity index (χ2v) is 8.18. The summed E-state index contributed by atoms with van der Waals surface area (Å²) in [5.74, 6) is 0.599. The van der Waals surface area contributed by atoms with Crippen molar-refractivity contribution >= 4 is 28.6 Å². The van der Waals surface area contributed by atoms with E-state index >= 15 is 0 Å². The number of thioether (sulfide) groups is 1. The first kappa shape index (κ1) is 21.4. The number of allylic oxidation sites excluding steroid dienone is 1. The van der Waals surface area contributed by atoms with Crippen LogP contribution in [0.5, 0.6) is 5.75 Å². The van der Waals surface area contributed by atoms with E-state index in [0.29, 0.717) is 18.1 Å². The molecule has 1 saturated heterocycles. The van der Waals surface area contributed by atoms with Crippen LogP contribution in [0.1, 0.15) is 58.3 Å². The van der Waals surface area contributed by atoms with Crippen molar-refractivity contribution in [3.05, 3.63) is 41.7 Å². The van der Waals surface area contributed by atoms with Gasteiger partial charge in [-0.15, -0.1) is 0 Å². The van der Waals surface area contributed by atoms with Crippen LogP contribution in [-0.4, -0.2) is 38.6 Å². The number of nitrogens with zero attached hydrogens (tertiary/aromatic N) is 3. The zero-order valence-corrected chi connectivity index (χ0v) is 17.8. The molecule has 0 aliphatic carbocycles. The molecule has 2 amide bonds. The molecule has 0 bridgehead atoms. The predicted octanol–water partition coefficient (Wildman–Crippen LogP) is 5.43. The van der Waals surface area contributed by atoms with Gasteiger partial charge in [-0.3, -0.25) is 14.5 Å². The number of rotatable bonds is 12. The molecule has 0 atom stereocenters. The number of ether oxygens (including phenoxy) is 1. The van der Waals surface area contributed by atoms with E-state index in [2.05, 4.69) is 11.9 Å². The van der Waals surface area contributed by atoms with E-state index in [-0.39, 0.29) is 11.1 Å². The largest absolute Gasteiger partial charge is 0.490 e. The van der Waals surface area contributed by atoms with Crippen molar-refractivity contribution in [1.29, 1.82) is 0 Å². The fourth-order valence-electron chi connectivity index (χ4n) is 3.30. The Morgan fingerprint density at radius 3 is 2.83 bits per heavy atom. The van der Waals surface area contributed by atoms with Crippen LogP contribution in [0.3, 0.4) is 0 Å². The van der Waals surface area contributed by atoms with E-state index in [9.17, 15) is 9.59 Å². The standard InChI is InChI=1S/C22H29N3O3S/c1-2-3-4-5-6-7-12-19-21(26)25(22(27)29-19)15-8-9-17-28-18-11-10-14-24-16-13-23-20(18)24/h10-14,16H,2-9,15,17H2,1H3/b19-12+. The van der Waals surface area contributed by atoms with Gasteiger partial charge in [0.15, 0.2) is 11.4 Å². The lowest BCUT2D eigenvalue weighted by Crippen LogP contribution is -2.29.